The second kappa shape index (κ2) is 7.32. The number of nitrogens with zero attached hydrogens (tertiary/aromatic N) is 2. The van der Waals surface area contributed by atoms with Crippen LogP contribution in [0.4, 0.5) is 23.7 Å². The second-order valence-corrected chi connectivity index (χ2v) is 5.60. The Labute approximate surface area is 150 Å². The van der Waals surface area contributed by atoms with Crippen molar-refractivity contribution >= 4 is 11.8 Å². The van der Waals surface area contributed by atoms with Gasteiger partial charge in [0.25, 0.3) is 0 Å². The lowest BCUT2D eigenvalue weighted by molar-refractivity contribution is 0.209. The number of hydrogen-bond acceptors (Lipinski definition) is 3. The third kappa shape index (κ3) is 4.14. The minimum Gasteiger partial charge on any atom is -0.465 e. The number of amides is 1. The molecule has 3 aromatic rings. The molecule has 0 saturated carbocycles. The van der Waals surface area contributed by atoms with Crippen molar-refractivity contribution in [2.75, 3.05) is 5.32 Å². The Kier molecular flexibility index (Phi) is 4.93. The molecule has 1 heterocycles. The molecule has 138 valence electrons. The molecule has 3 rings (SSSR count). The fourth-order valence-electron chi connectivity index (χ4n) is 2.46. The van der Waals surface area contributed by atoms with Gasteiger partial charge in [0.1, 0.15) is 5.69 Å². The van der Waals surface area contributed by atoms with Crippen LogP contribution in [-0.2, 0) is 6.42 Å². The highest BCUT2D eigenvalue weighted by Crippen LogP contribution is 2.17. The molecule has 1 amide bonds. The van der Waals surface area contributed by atoms with Crippen molar-refractivity contribution in [2.24, 2.45) is 0 Å². The number of benzene rings is 2. The van der Waals surface area contributed by atoms with Gasteiger partial charge in [-0.3, -0.25) is 10.1 Å². The van der Waals surface area contributed by atoms with Crippen LogP contribution in [0.1, 0.15) is 11.3 Å². The smallest absolute Gasteiger partial charge is 0.409 e. The molecule has 27 heavy (non-hydrogen) atoms. The maximum atomic E-state index is 13.4. The van der Waals surface area contributed by atoms with Crippen molar-refractivity contribution in [1.29, 1.82) is 0 Å². The van der Waals surface area contributed by atoms with Crippen LogP contribution in [0.25, 0.3) is 5.69 Å². The molecule has 0 atom stereocenters. The predicted octanol–water partition coefficient (Wildman–Crippen LogP) is 3.33. The molecular weight excluding hydrogens is 363 g/mol. The largest absolute Gasteiger partial charge is 0.465 e. The van der Waals surface area contributed by atoms with E-state index in [0.717, 1.165) is 16.8 Å². The molecule has 0 spiro atoms. The van der Waals surface area contributed by atoms with Crippen LogP contribution in [0.2, 0.25) is 0 Å². The van der Waals surface area contributed by atoms with E-state index in [1.807, 2.05) is 0 Å². The first-order chi connectivity index (χ1) is 12.8. The standard InChI is InChI=1S/C18H12F3N3O3/c19-13-8-12(9-14(20)17(13)21)24-5-4-16(25)15(23-24)7-10-2-1-3-11(6-10)22-18(26)27/h1-6,8-9,22H,7H2,(H,26,27). The van der Waals surface area contributed by atoms with E-state index in [4.69, 9.17) is 5.11 Å². The molecule has 0 bridgehead atoms. The monoisotopic (exact) mass is 375 g/mol. The molecule has 0 fully saturated rings. The Morgan fingerprint density at radius 3 is 2.48 bits per heavy atom. The summed E-state index contributed by atoms with van der Waals surface area (Å²) < 4.78 is 41.0. The lowest BCUT2D eigenvalue weighted by Gasteiger charge is -2.09. The van der Waals surface area contributed by atoms with Crippen LogP contribution in [0.5, 0.6) is 0 Å². The van der Waals surface area contributed by atoms with Crippen molar-refractivity contribution in [1.82, 2.24) is 9.78 Å². The van der Waals surface area contributed by atoms with Gasteiger partial charge in [-0.05, 0) is 17.7 Å². The van der Waals surface area contributed by atoms with E-state index < -0.39 is 29.0 Å². The van der Waals surface area contributed by atoms with Gasteiger partial charge in [-0.1, -0.05) is 12.1 Å². The van der Waals surface area contributed by atoms with Gasteiger partial charge in [0.15, 0.2) is 17.5 Å². The van der Waals surface area contributed by atoms with Crippen molar-refractivity contribution in [2.45, 2.75) is 6.42 Å². The van der Waals surface area contributed by atoms with E-state index in [0.29, 0.717) is 11.3 Å². The van der Waals surface area contributed by atoms with Gasteiger partial charge in [0.05, 0.1) is 5.69 Å². The molecule has 2 N–H and O–H groups in total. The number of hydrogen-bond donors (Lipinski definition) is 2. The first-order valence-corrected chi connectivity index (χ1v) is 7.66. The lowest BCUT2D eigenvalue weighted by atomic mass is 10.1. The number of nitrogens with one attached hydrogen (secondary N) is 1. The first kappa shape index (κ1) is 18.2. The van der Waals surface area contributed by atoms with Gasteiger partial charge in [-0.15, -0.1) is 0 Å². The summed E-state index contributed by atoms with van der Waals surface area (Å²) in [6, 6.07) is 9.03. The van der Waals surface area contributed by atoms with Gasteiger partial charge in [-0.2, -0.15) is 5.10 Å². The fraction of sp³-hybridized carbons (Fsp3) is 0.0556. The topological polar surface area (TPSA) is 84.2 Å². The summed E-state index contributed by atoms with van der Waals surface area (Å²) in [7, 11) is 0. The summed E-state index contributed by atoms with van der Waals surface area (Å²) in [4.78, 5) is 22.8. The number of aromatic nitrogens is 2. The molecule has 1 aromatic heterocycles. The summed E-state index contributed by atoms with van der Waals surface area (Å²) >= 11 is 0. The van der Waals surface area contributed by atoms with Crippen molar-refractivity contribution < 1.29 is 23.1 Å². The molecular formula is C18H12F3N3O3. The Morgan fingerprint density at radius 2 is 1.81 bits per heavy atom. The maximum Gasteiger partial charge on any atom is 0.409 e. The molecule has 0 unspecified atom stereocenters. The van der Waals surface area contributed by atoms with Gasteiger partial charge < -0.3 is 5.11 Å². The van der Waals surface area contributed by atoms with Gasteiger partial charge in [0.2, 0.25) is 5.43 Å². The summed E-state index contributed by atoms with van der Waals surface area (Å²) in [6.45, 7) is 0. The van der Waals surface area contributed by atoms with E-state index in [9.17, 15) is 22.8 Å². The molecule has 0 aliphatic rings. The third-order valence-corrected chi connectivity index (χ3v) is 3.66. The predicted molar refractivity (Wildman–Crippen MR) is 90.6 cm³/mol. The SMILES string of the molecule is O=C(O)Nc1cccc(Cc2nn(-c3cc(F)c(F)c(F)c3)ccc2=O)c1. The quantitative estimate of drug-likeness (QED) is 0.685. The van der Waals surface area contributed by atoms with E-state index in [2.05, 4.69) is 10.4 Å². The Morgan fingerprint density at radius 1 is 1.11 bits per heavy atom. The molecule has 2 aromatic carbocycles. The number of carboxylic acid groups (broad SMARTS) is 1. The summed E-state index contributed by atoms with van der Waals surface area (Å²) in [5.41, 5.74) is 0.481. The van der Waals surface area contributed by atoms with E-state index in [-0.39, 0.29) is 17.8 Å². The van der Waals surface area contributed by atoms with Crippen LogP contribution in [0, 0.1) is 17.5 Å². The number of halogens is 3. The van der Waals surface area contributed by atoms with Crippen LogP contribution in [-0.4, -0.2) is 21.0 Å². The summed E-state index contributed by atoms with van der Waals surface area (Å²) in [6.07, 6.45) is 0.0362. The minimum absolute atomic E-state index is 0.0565. The van der Waals surface area contributed by atoms with E-state index in [1.165, 1.54) is 18.3 Å². The molecule has 0 saturated heterocycles. The summed E-state index contributed by atoms with van der Waals surface area (Å²) in [5.74, 6) is -4.35. The highest BCUT2D eigenvalue weighted by molar-refractivity contribution is 5.82. The highest BCUT2D eigenvalue weighted by Gasteiger charge is 2.13. The van der Waals surface area contributed by atoms with Crippen molar-refractivity contribution in [3.05, 3.63) is 87.6 Å². The molecule has 0 aliphatic heterocycles. The van der Waals surface area contributed by atoms with Crippen LogP contribution in [0.15, 0.2) is 53.5 Å². The van der Waals surface area contributed by atoms with Crippen LogP contribution < -0.4 is 10.7 Å². The molecule has 6 nitrogen and oxygen atoms in total. The fourth-order valence-corrected chi connectivity index (χ4v) is 2.46. The van der Waals surface area contributed by atoms with Crippen molar-refractivity contribution in [3.8, 4) is 5.69 Å². The Bertz CT molecular complexity index is 1060. The number of carbonyl (C=O) groups is 1. The zero-order valence-corrected chi connectivity index (χ0v) is 13.6. The van der Waals surface area contributed by atoms with Gasteiger partial charge in [0, 0.05) is 36.5 Å². The zero-order chi connectivity index (χ0) is 19.6. The Balaban J connectivity index is 1.95. The van der Waals surface area contributed by atoms with E-state index >= 15 is 0 Å². The van der Waals surface area contributed by atoms with Crippen LogP contribution in [0.3, 0.4) is 0 Å². The average molecular weight is 375 g/mol. The third-order valence-electron chi connectivity index (χ3n) is 3.66. The summed E-state index contributed by atoms with van der Waals surface area (Å²) in [5, 5.41) is 15.0. The second-order valence-electron chi connectivity index (χ2n) is 5.60. The van der Waals surface area contributed by atoms with Gasteiger partial charge in [-0.25, -0.2) is 22.6 Å². The molecule has 9 heteroatoms. The zero-order valence-electron chi connectivity index (χ0n) is 13.6. The number of rotatable bonds is 4. The first-order valence-electron chi connectivity index (χ1n) is 7.66. The number of anilines is 1. The highest BCUT2D eigenvalue weighted by atomic mass is 19.2. The average Bonchev–Trinajstić information content (AvgIpc) is 2.61. The lowest BCUT2D eigenvalue weighted by Crippen LogP contribution is -2.17. The molecule has 0 radical (unpaired) electrons. The van der Waals surface area contributed by atoms with Gasteiger partial charge >= 0.3 is 6.09 Å². The minimum atomic E-state index is -1.59. The van der Waals surface area contributed by atoms with Crippen LogP contribution >= 0.6 is 0 Å². The normalized spacial score (nSPS) is 10.6. The van der Waals surface area contributed by atoms with Crippen molar-refractivity contribution in [3.63, 3.8) is 0 Å². The molecule has 0 aliphatic carbocycles. The van der Waals surface area contributed by atoms with E-state index in [1.54, 1.807) is 18.2 Å². The maximum absolute atomic E-state index is 13.4. The Hall–Kier alpha value is -3.62.